The molecule has 3 heterocycles. The maximum Gasteiger partial charge on any atom is 0.355 e. The first-order chi connectivity index (χ1) is 13.0. The summed E-state index contributed by atoms with van der Waals surface area (Å²) in [6.07, 6.45) is 5.95. The topological polar surface area (TPSA) is 126 Å². The molecule has 9 nitrogen and oxygen atoms in total. The molecule has 3 aromatic rings. The van der Waals surface area contributed by atoms with Crippen molar-refractivity contribution in [2.75, 3.05) is 12.4 Å². The fourth-order valence-corrected chi connectivity index (χ4v) is 2.49. The highest BCUT2D eigenvalue weighted by Crippen LogP contribution is 2.22. The van der Waals surface area contributed by atoms with Gasteiger partial charge in [-0.25, -0.2) is 4.79 Å². The Morgan fingerprint density at radius 1 is 1.04 bits per heavy atom. The van der Waals surface area contributed by atoms with Crippen LogP contribution in [0, 0.1) is 0 Å². The molecule has 0 bridgehead atoms. The second kappa shape index (κ2) is 7.48. The molecule has 0 spiro atoms. The maximum absolute atomic E-state index is 12.5. The number of carbonyl (C=O) groups excluding carboxylic acids is 2. The predicted molar refractivity (Wildman–Crippen MR) is 96.1 cm³/mol. The fraction of sp³-hybridized carbons (Fsp3) is 0.0556. The van der Waals surface area contributed by atoms with E-state index in [0.29, 0.717) is 5.69 Å². The number of anilines is 1. The normalized spacial score (nSPS) is 10.3. The Morgan fingerprint density at radius 2 is 1.78 bits per heavy atom. The van der Waals surface area contributed by atoms with Gasteiger partial charge in [0.2, 0.25) is 0 Å². The molecule has 0 aromatic carbocycles. The van der Waals surface area contributed by atoms with Gasteiger partial charge in [-0.1, -0.05) is 0 Å². The van der Waals surface area contributed by atoms with E-state index in [0.717, 1.165) is 0 Å². The molecule has 136 valence electrons. The first-order valence-electron chi connectivity index (χ1n) is 7.85. The molecule has 0 atom stereocenters. The van der Waals surface area contributed by atoms with Crippen LogP contribution in [0.5, 0.6) is 0 Å². The lowest BCUT2D eigenvalue weighted by Gasteiger charge is -2.09. The van der Waals surface area contributed by atoms with Crippen molar-refractivity contribution in [1.82, 2.24) is 19.9 Å². The minimum absolute atomic E-state index is 0.0814. The molecular weight excluding hydrogens is 350 g/mol. The van der Waals surface area contributed by atoms with E-state index in [1.165, 1.54) is 54.6 Å². The summed E-state index contributed by atoms with van der Waals surface area (Å²) in [7, 11) is 1.46. The van der Waals surface area contributed by atoms with Crippen LogP contribution in [0.2, 0.25) is 0 Å². The van der Waals surface area contributed by atoms with Crippen molar-refractivity contribution in [2.24, 2.45) is 0 Å². The van der Waals surface area contributed by atoms with Gasteiger partial charge in [-0.05, 0) is 30.3 Å². The van der Waals surface area contributed by atoms with E-state index in [2.05, 4.69) is 20.6 Å². The number of carboxylic acid groups (broad SMARTS) is 1. The number of aromatic carboxylic acids is 1. The van der Waals surface area contributed by atoms with Crippen LogP contribution < -0.4 is 10.6 Å². The van der Waals surface area contributed by atoms with Crippen molar-refractivity contribution in [3.05, 3.63) is 72.1 Å². The summed E-state index contributed by atoms with van der Waals surface area (Å²) in [6.45, 7) is 0. The third-order valence-electron chi connectivity index (χ3n) is 3.76. The molecule has 0 fully saturated rings. The van der Waals surface area contributed by atoms with Crippen LogP contribution in [0.3, 0.4) is 0 Å². The summed E-state index contributed by atoms with van der Waals surface area (Å²) in [5.41, 5.74) is 0.876. The Bertz CT molecular complexity index is 1010. The summed E-state index contributed by atoms with van der Waals surface area (Å²) in [5.74, 6) is -2.19. The van der Waals surface area contributed by atoms with Gasteiger partial charge in [-0.15, -0.1) is 0 Å². The molecule has 9 heteroatoms. The summed E-state index contributed by atoms with van der Waals surface area (Å²) in [5, 5.41) is 14.6. The molecule has 3 rings (SSSR count). The van der Waals surface area contributed by atoms with Crippen LogP contribution in [0.4, 0.5) is 5.69 Å². The standard InChI is InChI=1S/C18H15N5O4/c1-19-17(25)14-10-11(2-8-21-14)16(24)22-13-5-9-23(15(13)18(26)27)12-3-6-20-7-4-12/h2-10H,1H3,(H,19,25)(H,22,24)(H,26,27). The Balaban J connectivity index is 1.92. The van der Waals surface area contributed by atoms with Crippen LogP contribution in [0.1, 0.15) is 31.3 Å². The predicted octanol–water partition coefficient (Wildman–Crippen LogP) is 1.58. The molecule has 3 aromatic heterocycles. The Morgan fingerprint density at radius 3 is 2.44 bits per heavy atom. The molecule has 27 heavy (non-hydrogen) atoms. The van der Waals surface area contributed by atoms with E-state index in [-0.39, 0.29) is 22.6 Å². The highest BCUT2D eigenvalue weighted by Gasteiger charge is 2.20. The minimum atomic E-state index is -1.20. The molecule has 0 saturated heterocycles. The van der Waals surface area contributed by atoms with Gasteiger partial charge in [0, 0.05) is 43.1 Å². The number of nitrogens with one attached hydrogen (secondary N) is 2. The van der Waals surface area contributed by atoms with E-state index in [9.17, 15) is 19.5 Å². The van der Waals surface area contributed by atoms with Gasteiger partial charge in [0.15, 0.2) is 5.69 Å². The third kappa shape index (κ3) is 3.66. The van der Waals surface area contributed by atoms with Crippen molar-refractivity contribution in [3.8, 4) is 5.69 Å². The van der Waals surface area contributed by atoms with Crippen LogP contribution in [0.15, 0.2) is 55.1 Å². The number of aromatic nitrogens is 3. The van der Waals surface area contributed by atoms with Crippen LogP contribution in [-0.4, -0.2) is 44.5 Å². The molecule has 0 unspecified atom stereocenters. The van der Waals surface area contributed by atoms with Crippen molar-refractivity contribution in [3.63, 3.8) is 0 Å². The second-order valence-electron chi connectivity index (χ2n) is 5.42. The molecule has 0 radical (unpaired) electrons. The lowest BCUT2D eigenvalue weighted by atomic mass is 10.2. The zero-order valence-electron chi connectivity index (χ0n) is 14.2. The number of carboxylic acids is 1. The number of pyridine rings is 2. The second-order valence-corrected chi connectivity index (χ2v) is 5.42. The number of nitrogens with zero attached hydrogens (tertiary/aromatic N) is 3. The van der Waals surface area contributed by atoms with Crippen LogP contribution in [-0.2, 0) is 0 Å². The van der Waals surface area contributed by atoms with E-state index < -0.39 is 17.8 Å². The summed E-state index contributed by atoms with van der Waals surface area (Å²) >= 11 is 0. The zero-order chi connectivity index (χ0) is 19.4. The molecule has 0 aliphatic heterocycles. The average molecular weight is 365 g/mol. The zero-order valence-corrected chi connectivity index (χ0v) is 14.2. The van der Waals surface area contributed by atoms with Crippen LogP contribution in [0.25, 0.3) is 5.69 Å². The van der Waals surface area contributed by atoms with E-state index in [4.69, 9.17) is 0 Å². The van der Waals surface area contributed by atoms with Gasteiger partial charge in [-0.3, -0.25) is 19.6 Å². The highest BCUT2D eigenvalue weighted by molar-refractivity contribution is 6.08. The largest absolute Gasteiger partial charge is 0.476 e. The van der Waals surface area contributed by atoms with Gasteiger partial charge in [0.1, 0.15) is 5.69 Å². The first kappa shape index (κ1) is 17.8. The van der Waals surface area contributed by atoms with Gasteiger partial charge >= 0.3 is 5.97 Å². The maximum atomic E-state index is 12.5. The number of hydrogen-bond donors (Lipinski definition) is 3. The molecule has 0 aliphatic carbocycles. The number of hydrogen-bond acceptors (Lipinski definition) is 5. The Labute approximate surface area is 153 Å². The lowest BCUT2D eigenvalue weighted by molar-refractivity contribution is 0.0689. The van der Waals surface area contributed by atoms with Crippen molar-refractivity contribution >= 4 is 23.5 Å². The number of amides is 2. The molecular formula is C18H15N5O4. The number of carbonyl (C=O) groups is 3. The molecule has 3 N–H and O–H groups in total. The third-order valence-corrected chi connectivity index (χ3v) is 3.76. The fourth-order valence-electron chi connectivity index (χ4n) is 2.49. The average Bonchev–Trinajstić information content (AvgIpc) is 3.12. The summed E-state index contributed by atoms with van der Waals surface area (Å²) in [4.78, 5) is 43.7. The first-order valence-corrected chi connectivity index (χ1v) is 7.85. The van der Waals surface area contributed by atoms with Crippen molar-refractivity contribution < 1.29 is 19.5 Å². The monoisotopic (exact) mass is 365 g/mol. The SMILES string of the molecule is CNC(=O)c1cc(C(=O)Nc2ccn(-c3ccncc3)c2C(=O)O)ccn1. The quantitative estimate of drug-likeness (QED) is 0.630. The Kier molecular flexibility index (Phi) is 4.93. The van der Waals surface area contributed by atoms with Gasteiger partial charge < -0.3 is 20.3 Å². The van der Waals surface area contributed by atoms with Gasteiger partial charge in [0.25, 0.3) is 11.8 Å². The summed E-state index contributed by atoms with van der Waals surface area (Å²) in [6, 6.07) is 7.55. The van der Waals surface area contributed by atoms with Crippen molar-refractivity contribution in [2.45, 2.75) is 0 Å². The highest BCUT2D eigenvalue weighted by atomic mass is 16.4. The van der Waals surface area contributed by atoms with Crippen molar-refractivity contribution in [1.29, 1.82) is 0 Å². The minimum Gasteiger partial charge on any atom is -0.476 e. The van der Waals surface area contributed by atoms with E-state index >= 15 is 0 Å². The summed E-state index contributed by atoms with van der Waals surface area (Å²) < 4.78 is 1.43. The Hall–Kier alpha value is -4.01. The van der Waals surface area contributed by atoms with Gasteiger partial charge in [-0.2, -0.15) is 0 Å². The smallest absolute Gasteiger partial charge is 0.355 e. The number of rotatable bonds is 5. The molecule has 2 amide bonds. The molecule has 0 aliphatic rings. The van der Waals surface area contributed by atoms with E-state index in [1.54, 1.807) is 12.1 Å². The van der Waals surface area contributed by atoms with E-state index in [1.807, 2.05) is 0 Å². The van der Waals surface area contributed by atoms with Crippen LogP contribution >= 0.6 is 0 Å². The lowest BCUT2D eigenvalue weighted by Crippen LogP contribution is -2.21. The van der Waals surface area contributed by atoms with Gasteiger partial charge in [0.05, 0.1) is 5.69 Å². The molecule has 0 saturated carbocycles.